The van der Waals surface area contributed by atoms with Gasteiger partial charge < -0.3 is 10.5 Å². The molecule has 1 aromatic carbocycles. The summed E-state index contributed by atoms with van der Waals surface area (Å²) in [7, 11) is 0. The van der Waals surface area contributed by atoms with Gasteiger partial charge in [-0.15, -0.1) is 12.4 Å². The highest BCUT2D eigenvalue weighted by molar-refractivity contribution is 5.85. The Morgan fingerprint density at radius 1 is 1.53 bits per heavy atom. The summed E-state index contributed by atoms with van der Waals surface area (Å²) in [4.78, 5) is 10.2. The molecule has 0 saturated carbocycles. The number of nitrogens with two attached hydrogens (primary N) is 1. The number of nitro groups is 1. The van der Waals surface area contributed by atoms with E-state index in [1.165, 1.54) is 6.07 Å². The Morgan fingerprint density at radius 3 is 2.93 bits per heavy atom. The van der Waals surface area contributed by atoms with E-state index >= 15 is 0 Å². The van der Waals surface area contributed by atoms with Gasteiger partial charge in [-0.25, -0.2) is 0 Å². The molecule has 2 N–H and O–H groups in total. The minimum atomic E-state index is -0.448. The third-order valence-corrected chi connectivity index (χ3v) is 2.30. The van der Waals surface area contributed by atoms with Crippen molar-refractivity contribution in [2.45, 2.75) is 12.5 Å². The number of fused-ring (bicyclic) bond motifs is 1. The van der Waals surface area contributed by atoms with E-state index in [9.17, 15) is 10.1 Å². The summed E-state index contributed by atoms with van der Waals surface area (Å²) >= 11 is 0. The van der Waals surface area contributed by atoms with Crippen LogP contribution in [0.3, 0.4) is 0 Å². The quantitative estimate of drug-likeness (QED) is 0.589. The largest absolute Gasteiger partial charge is 0.487 e. The molecule has 1 heterocycles. The van der Waals surface area contributed by atoms with Gasteiger partial charge in [0.15, 0.2) is 0 Å². The summed E-state index contributed by atoms with van der Waals surface area (Å²) in [5, 5.41) is 10.7. The standard InChI is InChI=1S/C9H10N2O3.ClH/c10-7-4-5-14-9-6(7)2-1-3-8(9)11(12)13;/h1-3,7H,4-5,10H2;1H. The maximum Gasteiger partial charge on any atom is 0.311 e. The van der Waals surface area contributed by atoms with Crippen LogP contribution >= 0.6 is 12.4 Å². The third-order valence-electron chi connectivity index (χ3n) is 2.30. The van der Waals surface area contributed by atoms with Crippen molar-refractivity contribution in [3.8, 4) is 5.75 Å². The molecule has 0 amide bonds. The molecule has 0 spiro atoms. The van der Waals surface area contributed by atoms with E-state index < -0.39 is 4.92 Å². The molecular weight excluding hydrogens is 220 g/mol. The minimum Gasteiger partial charge on any atom is -0.487 e. The van der Waals surface area contributed by atoms with Gasteiger partial charge in [-0.2, -0.15) is 0 Å². The Hall–Kier alpha value is -1.33. The summed E-state index contributed by atoms with van der Waals surface area (Å²) in [5.41, 5.74) is 6.54. The smallest absolute Gasteiger partial charge is 0.311 e. The second-order valence-electron chi connectivity index (χ2n) is 3.20. The topological polar surface area (TPSA) is 78.4 Å². The second kappa shape index (κ2) is 4.46. The van der Waals surface area contributed by atoms with Crippen molar-refractivity contribution < 1.29 is 9.66 Å². The lowest BCUT2D eigenvalue weighted by Crippen LogP contribution is -2.21. The van der Waals surface area contributed by atoms with Gasteiger partial charge in [-0.3, -0.25) is 10.1 Å². The van der Waals surface area contributed by atoms with Crippen LogP contribution in [0.2, 0.25) is 0 Å². The average molecular weight is 231 g/mol. The zero-order valence-electron chi connectivity index (χ0n) is 7.88. The van der Waals surface area contributed by atoms with Crippen LogP contribution < -0.4 is 10.5 Å². The lowest BCUT2D eigenvalue weighted by atomic mass is 10.0. The summed E-state index contributed by atoms with van der Waals surface area (Å²) in [6.45, 7) is 0.443. The molecule has 1 aliphatic heterocycles. The highest BCUT2D eigenvalue weighted by Gasteiger charge is 2.25. The Bertz CT molecular complexity index is 384. The first-order chi connectivity index (χ1) is 6.70. The average Bonchev–Trinajstić information content (AvgIpc) is 2.17. The summed E-state index contributed by atoms with van der Waals surface area (Å²) in [6.07, 6.45) is 0.703. The molecule has 82 valence electrons. The monoisotopic (exact) mass is 230 g/mol. The van der Waals surface area contributed by atoms with Gasteiger partial charge in [-0.05, 0) is 0 Å². The molecule has 0 aromatic heterocycles. The molecule has 0 saturated heterocycles. The molecule has 5 nitrogen and oxygen atoms in total. The highest BCUT2D eigenvalue weighted by Crippen LogP contribution is 2.37. The molecule has 0 fully saturated rings. The molecule has 0 bridgehead atoms. The van der Waals surface area contributed by atoms with Crippen LogP contribution in [0, 0.1) is 10.1 Å². The van der Waals surface area contributed by atoms with E-state index in [2.05, 4.69) is 0 Å². The fourth-order valence-corrected chi connectivity index (χ4v) is 1.58. The SMILES string of the molecule is Cl.NC1CCOc2c1cccc2[N+](=O)[O-]. The van der Waals surface area contributed by atoms with E-state index in [1.807, 2.05) is 0 Å². The predicted octanol–water partition coefficient (Wildman–Crippen LogP) is 1.80. The first-order valence-corrected chi connectivity index (χ1v) is 4.36. The maximum atomic E-state index is 10.7. The number of benzene rings is 1. The fourth-order valence-electron chi connectivity index (χ4n) is 1.58. The van der Waals surface area contributed by atoms with Gasteiger partial charge in [0.1, 0.15) is 0 Å². The number of halogens is 1. The molecule has 1 aliphatic rings. The lowest BCUT2D eigenvalue weighted by molar-refractivity contribution is -0.386. The Labute approximate surface area is 92.8 Å². The Balaban J connectivity index is 0.00000112. The third kappa shape index (κ3) is 2.03. The van der Waals surface area contributed by atoms with Crippen LogP contribution in [0.15, 0.2) is 18.2 Å². The minimum absolute atomic E-state index is 0. The molecule has 1 atom stereocenters. The molecule has 6 heteroatoms. The van der Waals surface area contributed by atoms with Crippen LogP contribution in [0.4, 0.5) is 5.69 Å². The van der Waals surface area contributed by atoms with Crippen molar-refractivity contribution in [1.82, 2.24) is 0 Å². The number of hydrogen-bond acceptors (Lipinski definition) is 4. The van der Waals surface area contributed by atoms with Gasteiger partial charge >= 0.3 is 5.69 Å². The van der Waals surface area contributed by atoms with Crippen molar-refractivity contribution in [1.29, 1.82) is 0 Å². The zero-order valence-corrected chi connectivity index (χ0v) is 8.70. The van der Waals surface area contributed by atoms with E-state index in [0.29, 0.717) is 18.8 Å². The predicted molar refractivity (Wildman–Crippen MR) is 57.4 cm³/mol. The van der Waals surface area contributed by atoms with Gasteiger partial charge in [0.05, 0.1) is 11.5 Å². The number of ether oxygens (including phenoxy) is 1. The van der Waals surface area contributed by atoms with Gasteiger partial charge in [0.25, 0.3) is 0 Å². The molecule has 15 heavy (non-hydrogen) atoms. The van der Waals surface area contributed by atoms with E-state index in [1.54, 1.807) is 12.1 Å². The van der Waals surface area contributed by atoms with E-state index in [0.717, 1.165) is 5.56 Å². The van der Waals surface area contributed by atoms with Crippen molar-refractivity contribution in [3.63, 3.8) is 0 Å². The van der Waals surface area contributed by atoms with Crippen LogP contribution in [0.25, 0.3) is 0 Å². The van der Waals surface area contributed by atoms with Crippen molar-refractivity contribution >= 4 is 18.1 Å². The van der Waals surface area contributed by atoms with E-state index in [4.69, 9.17) is 10.5 Å². The van der Waals surface area contributed by atoms with Crippen molar-refractivity contribution in [2.75, 3.05) is 6.61 Å². The number of nitro benzene ring substituents is 1. The number of para-hydroxylation sites is 1. The van der Waals surface area contributed by atoms with Crippen LogP contribution in [-0.2, 0) is 0 Å². The number of hydrogen-bond donors (Lipinski definition) is 1. The first-order valence-electron chi connectivity index (χ1n) is 4.36. The summed E-state index contributed by atoms with van der Waals surface area (Å²) in [5.74, 6) is 0.330. The lowest BCUT2D eigenvalue weighted by Gasteiger charge is -2.22. The number of nitrogens with zero attached hydrogens (tertiary/aromatic N) is 1. The first kappa shape index (κ1) is 11.7. The Morgan fingerprint density at radius 2 is 2.27 bits per heavy atom. The van der Waals surface area contributed by atoms with E-state index in [-0.39, 0.29) is 24.1 Å². The van der Waals surface area contributed by atoms with Gasteiger partial charge in [0, 0.05) is 24.1 Å². The summed E-state index contributed by atoms with van der Waals surface area (Å²) < 4.78 is 5.26. The zero-order chi connectivity index (χ0) is 10.1. The molecule has 0 radical (unpaired) electrons. The van der Waals surface area contributed by atoms with Crippen LogP contribution in [0.5, 0.6) is 5.75 Å². The Kier molecular flexibility index (Phi) is 3.49. The maximum absolute atomic E-state index is 10.7. The van der Waals surface area contributed by atoms with Gasteiger partial charge in [-0.1, -0.05) is 12.1 Å². The highest BCUT2D eigenvalue weighted by atomic mass is 35.5. The molecule has 1 unspecified atom stereocenters. The number of rotatable bonds is 1. The van der Waals surface area contributed by atoms with Crippen LogP contribution in [-0.4, -0.2) is 11.5 Å². The molecular formula is C9H11ClN2O3. The van der Waals surface area contributed by atoms with Crippen LogP contribution in [0.1, 0.15) is 18.0 Å². The molecule has 0 aliphatic carbocycles. The second-order valence-corrected chi connectivity index (χ2v) is 3.20. The molecule has 1 aromatic rings. The van der Waals surface area contributed by atoms with Crippen molar-refractivity contribution in [3.05, 3.63) is 33.9 Å². The molecule has 2 rings (SSSR count). The van der Waals surface area contributed by atoms with Crippen molar-refractivity contribution in [2.24, 2.45) is 5.73 Å². The normalized spacial score (nSPS) is 18.3. The van der Waals surface area contributed by atoms with Gasteiger partial charge in [0.2, 0.25) is 5.75 Å². The fraction of sp³-hybridized carbons (Fsp3) is 0.333. The summed E-state index contributed by atoms with van der Waals surface area (Å²) in [6, 6.07) is 4.67.